The topological polar surface area (TPSA) is 96.0 Å². The second kappa shape index (κ2) is 10.6. The van der Waals surface area contributed by atoms with Crippen molar-refractivity contribution < 1.29 is 4.74 Å². The first-order valence-corrected chi connectivity index (χ1v) is 13.4. The molecular weight excluding hydrogens is 464 g/mol. The van der Waals surface area contributed by atoms with Gasteiger partial charge in [0.05, 0.1) is 23.8 Å². The molecule has 8 heteroatoms. The molecule has 1 saturated heterocycles. The van der Waals surface area contributed by atoms with Crippen molar-refractivity contribution in [2.45, 2.75) is 51.2 Å². The Labute approximate surface area is 216 Å². The fourth-order valence-corrected chi connectivity index (χ4v) is 6.17. The molecule has 0 spiro atoms. The molecule has 2 N–H and O–H groups in total. The van der Waals surface area contributed by atoms with Crippen LogP contribution in [0.5, 0.6) is 0 Å². The first-order valence-electron chi connectivity index (χ1n) is 13.4. The summed E-state index contributed by atoms with van der Waals surface area (Å²) in [6.07, 6.45) is 19.9. The van der Waals surface area contributed by atoms with E-state index in [-0.39, 0.29) is 5.56 Å². The number of nitrogens with one attached hydrogen (secondary N) is 2. The zero-order valence-corrected chi connectivity index (χ0v) is 21.3. The Morgan fingerprint density at radius 3 is 2.76 bits per heavy atom. The van der Waals surface area contributed by atoms with Gasteiger partial charge in [0.1, 0.15) is 12.1 Å². The van der Waals surface area contributed by atoms with Crippen LogP contribution in [-0.2, 0) is 4.74 Å². The molecule has 4 heterocycles. The number of allylic oxidation sites excluding steroid dienone is 3. The molecule has 6 rings (SSSR count). The third-order valence-electron chi connectivity index (χ3n) is 8.14. The van der Waals surface area contributed by atoms with Gasteiger partial charge in [-0.2, -0.15) is 0 Å². The molecule has 8 nitrogen and oxygen atoms in total. The molecule has 3 aliphatic rings. The third kappa shape index (κ3) is 5.22. The molecule has 0 amide bonds. The van der Waals surface area contributed by atoms with Gasteiger partial charge in [0.25, 0.3) is 5.56 Å². The zero-order valence-electron chi connectivity index (χ0n) is 21.3. The van der Waals surface area contributed by atoms with Crippen LogP contribution in [0.15, 0.2) is 65.8 Å². The second-order valence-corrected chi connectivity index (χ2v) is 10.5. The van der Waals surface area contributed by atoms with E-state index in [0.29, 0.717) is 29.3 Å². The zero-order chi connectivity index (χ0) is 25.2. The Morgan fingerprint density at radius 2 is 2.00 bits per heavy atom. The number of aromatic amines is 1. The lowest BCUT2D eigenvalue weighted by Gasteiger charge is -2.42. The van der Waals surface area contributed by atoms with E-state index >= 15 is 0 Å². The normalized spacial score (nSPS) is 26.7. The Kier molecular flexibility index (Phi) is 6.85. The van der Waals surface area contributed by atoms with Gasteiger partial charge in [-0.15, -0.1) is 0 Å². The fraction of sp³-hybridized carbons (Fsp3) is 0.448. The van der Waals surface area contributed by atoms with E-state index in [1.54, 1.807) is 18.6 Å². The van der Waals surface area contributed by atoms with Gasteiger partial charge in [0.15, 0.2) is 0 Å². The van der Waals surface area contributed by atoms with Crippen LogP contribution in [0.25, 0.3) is 22.0 Å². The lowest BCUT2D eigenvalue weighted by Crippen LogP contribution is -2.48. The van der Waals surface area contributed by atoms with Crippen LogP contribution in [0.4, 0.5) is 5.82 Å². The molecule has 0 radical (unpaired) electrons. The second-order valence-electron chi connectivity index (χ2n) is 10.5. The van der Waals surface area contributed by atoms with Gasteiger partial charge >= 0.3 is 0 Å². The quantitative estimate of drug-likeness (QED) is 0.533. The minimum atomic E-state index is -0.159. The minimum Gasteiger partial charge on any atom is -0.376 e. The van der Waals surface area contributed by atoms with E-state index in [2.05, 4.69) is 50.3 Å². The molecule has 2 aliphatic carbocycles. The summed E-state index contributed by atoms with van der Waals surface area (Å²) in [5.41, 5.74) is 2.35. The predicted molar refractivity (Wildman–Crippen MR) is 145 cm³/mol. The number of nitrogens with zero attached hydrogens (tertiary/aromatic N) is 4. The van der Waals surface area contributed by atoms with Gasteiger partial charge in [0, 0.05) is 49.0 Å². The first kappa shape index (κ1) is 24.0. The molecule has 2 fully saturated rings. The Balaban J connectivity index is 1.14. The fourth-order valence-electron chi connectivity index (χ4n) is 6.17. The largest absolute Gasteiger partial charge is 0.376 e. The highest BCUT2D eigenvalue weighted by atomic mass is 16.5. The monoisotopic (exact) mass is 498 g/mol. The van der Waals surface area contributed by atoms with E-state index in [9.17, 15) is 4.79 Å². The summed E-state index contributed by atoms with van der Waals surface area (Å²) >= 11 is 0. The number of fused-ring (bicyclic) bond motifs is 1. The van der Waals surface area contributed by atoms with Crippen molar-refractivity contribution in [2.24, 2.45) is 11.8 Å². The molecule has 2 atom stereocenters. The van der Waals surface area contributed by atoms with E-state index in [0.717, 1.165) is 54.4 Å². The van der Waals surface area contributed by atoms with Crippen LogP contribution < -0.4 is 10.9 Å². The van der Waals surface area contributed by atoms with Gasteiger partial charge in [-0.05, 0) is 74.5 Å². The van der Waals surface area contributed by atoms with Crippen LogP contribution >= 0.6 is 0 Å². The number of ether oxygens (including phenoxy) is 1. The van der Waals surface area contributed by atoms with Gasteiger partial charge in [-0.1, -0.05) is 12.2 Å². The van der Waals surface area contributed by atoms with E-state index < -0.39 is 0 Å². The molecule has 0 bridgehead atoms. The maximum atomic E-state index is 12.7. The molecule has 3 aromatic heterocycles. The highest BCUT2D eigenvalue weighted by molar-refractivity contribution is 5.94. The minimum absolute atomic E-state index is 0.159. The van der Waals surface area contributed by atoms with E-state index in [4.69, 9.17) is 9.72 Å². The van der Waals surface area contributed by atoms with Crippen LogP contribution in [0.3, 0.4) is 0 Å². The Hall–Kier alpha value is -3.36. The molecule has 1 saturated carbocycles. The van der Waals surface area contributed by atoms with Crippen LogP contribution in [-0.4, -0.2) is 56.7 Å². The van der Waals surface area contributed by atoms with Gasteiger partial charge in [0.2, 0.25) is 0 Å². The standard InChI is InChI=1S/C29H34N6O2/c1-19-17-35(12-13-37-19)25-8-4-21(5-9-25)20-2-6-24(7-3-20)33-28-27-22(10-11-32-29(27)36)14-26(34-28)23-15-30-18-31-16-23/h2,6-7,10-11,14-16,18-21,25H,3-5,8-9,12-13,17H2,1H3,(H,32,36)(H,33,34)/t19-,20?,21?,25?/m1/s1. The molecule has 3 aromatic rings. The van der Waals surface area contributed by atoms with Gasteiger partial charge in [-0.25, -0.2) is 15.0 Å². The number of H-pyrrole nitrogens is 1. The molecule has 37 heavy (non-hydrogen) atoms. The molecule has 1 unspecified atom stereocenters. The van der Waals surface area contributed by atoms with E-state index in [1.807, 2.05) is 12.1 Å². The molecule has 192 valence electrons. The summed E-state index contributed by atoms with van der Waals surface area (Å²) in [6.45, 7) is 5.19. The molecule has 1 aliphatic heterocycles. The summed E-state index contributed by atoms with van der Waals surface area (Å²) in [5, 5.41) is 4.81. The van der Waals surface area contributed by atoms with Gasteiger partial charge < -0.3 is 15.0 Å². The Morgan fingerprint density at radius 1 is 1.16 bits per heavy atom. The highest BCUT2D eigenvalue weighted by Crippen LogP contribution is 2.37. The average molecular weight is 499 g/mol. The number of anilines is 1. The lowest BCUT2D eigenvalue weighted by atomic mass is 9.75. The maximum Gasteiger partial charge on any atom is 0.259 e. The van der Waals surface area contributed by atoms with Crippen LogP contribution in [0.2, 0.25) is 0 Å². The number of morpholine rings is 1. The van der Waals surface area contributed by atoms with Crippen molar-refractivity contribution in [3.05, 3.63) is 71.3 Å². The van der Waals surface area contributed by atoms with Crippen molar-refractivity contribution in [3.8, 4) is 11.3 Å². The Bertz CT molecular complexity index is 1360. The summed E-state index contributed by atoms with van der Waals surface area (Å²) in [5.74, 6) is 1.84. The lowest BCUT2D eigenvalue weighted by molar-refractivity contribution is -0.0422. The summed E-state index contributed by atoms with van der Waals surface area (Å²) in [4.78, 5) is 31.2. The van der Waals surface area contributed by atoms with Crippen molar-refractivity contribution in [1.29, 1.82) is 0 Å². The number of hydrogen-bond donors (Lipinski definition) is 2. The summed E-state index contributed by atoms with van der Waals surface area (Å²) in [7, 11) is 0. The van der Waals surface area contributed by atoms with Crippen molar-refractivity contribution in [1.82, 2.24) is 24.8 Å². The van der Waals surface area contributed by atoms with E-state index in [1.165, 1.54) is 32.0 Å². The predicted octanol–water partition coefficient (Wildman–Crippen LogP) is 4.53. The average Bonchev–Trinajstić information content (AvgIpc) is 2.94. The maximum absolute atomic E-state index is 12.7. The number of aromatic nitrogens is 4. The van der Waals surface area contributed by atoms with Crippen molar-refractivity contribution >= 4 is 16.6 Å². The number of hydrogen-bond acceptors (Lipinski definition) is 7. The molecular formula is C29H34N6O2. The summed E-state index contributed by atoms with van der Waals surface area (Å²) in [6, 6.07) is 4.51. The van der Waals surface area contributed by atoms with Crippen molar-refractivity contribution in [2.75, 3.05) is 25.0 Å². The highest BCUT2D eigenvalue weighted by Gasteiger charge is 2.31. The van der Waals surface area contributed by atoms with Crippen LogP contribution in [0, 0.1) is 11.8 Å². The SMILES string of the molecule is C[C@@H]1CN(C2CCC(C3C=CC(Nc4nc(-c5cncnc5)cc5cc[nH]c(=O)c45)=CC3)CC2)CCO1. The molecule has 0 aromatic carbocycles. The number of pyridine rings is 2. The third-order valence-corrected chi connectivity index (χ3v) is 8.14. The van der Waals surface area contributed by atoms with Crippen LogP contribution in [0.1, 0.15) is 39.0 Å². The van der Waals surface area contributed by atoms with Gasteiger partial charge in [-0.3, -0.25) is 9.69 Å². The van der Waals surface area contributed by atoms with Crippen molar-refractivity contribution in [3.63, 3.8) is 0 Å². The summed E-state index contributed by atoms with van der Waals surface area (Å²) < 4.78 is 5.73. The smallest absolute Gasteiger partial charge is 0.259 e. The number of rotatable bonds is 5. The first-order chi connectivity index (χ1) is 18.1.